The third-order valence-corrected chi connectivity index (χ3v) is 7.61. The standard InChI is InChI=1S/C29H40N2O6S/c1-37-27-13-10-9-12-26(27)29(34)31-24(22-23-15-17-25(32)18-16-23)19-21-38(35,36)20-11-7-5-3-2-4-6-8-14-28(30)33/h9-10,12-13,15-19,21,24,32H,2-8,11,14,20,22H2,1H3,(H2,30,33)(H,31,34)/b21-19+/t24-/m1/s1. The SMILES string of the molecule is COc1ccccc1C(=O)N[C@H](/C=C/S(=O)(=O)CCCCCCCCCCC(N)=O)Cc1ccc(O)cc1. The van der Waals surface area contributed by atoms with Crippen molar-refractivity contribution in [2.45, 2.75) is 70.3 Å². The first-order valence-electron chi connectivity index (χ1n) is 13.1. The Hall–Kier alpha value is -3.33. The van der Waals surface area contributed by atoms with Gasteiger partial charge in [-0.25, -0.2) is 8.42 Å². The molecule has 0 radical (unpaired) electrons. The molecule has 0 heterocycles. The fourth-order valence-corrected chi connectivity index (χ4v) is 5.25. The number of unbranched alkanes of at least 4 members (excludes halogenated alkanes) is 7. The number of amides is 2. The van der Waals surface area contributed by atoms with E-state index in [2.05, 4.69) is 5.32 Å². The molecule has 0 aliphatic rings. The molecule has 0 spiro atoms. The monoisotopic (exact) mass is 544 g/mol. The van der Waals surface area contributed by atoms with Gasteiger partial charge in [0.15, 0.2) is 9.84 Å². The summed E-state index contributed by atoms with van der Waals surface area (Å²) in [7, 11) is -1.96. The molecule has 0 aliphatic heterocycles. The van der Waals surface area contributed by atoms with Gasteiger partial charge in [0.1, 0.15) is 11.5 Å². The van der Waals surface area contributed by atoms with Gasteiger partial charge in [0.25, 0.3) is 5.91 Å². The van der Waals surface area contributed by atoms with Crippen molar-refractivity contribution in [1.82, 2.24) is 5.32 Å². The summed E-state index contributed by atoms with van der Waals surface area (Å²) in [4.78, 5) is 23.7. The van der Waals surface area contributed by atoms with Crippen LogP contribution in [0.25, 0.3) is 0 Å². The van der Waals surface area contributed by atoms with Crippen molar-refractivity contribution >= 4 is 21.7 Å². The Balaban J connectivity index is 1.90. The Morgan fingerprint density at radius 2 is 1.55 bits per heavy atom. The van der Waals surface area contributed by atoms with Crippen molar-refractivity contribution in [2.75, 3.05) is 12.9 Å². The fourth-order valence-electron chi connectivity index (χ4n) is 4.08. The number of hydrogen-bond donors (Lipinski definition) is 3. The minimum Gasteiger partial charge on any atom is -0.508 e. The number of carbonyl (C=O) groups is 2. The zero-order valence-corrected chi connectivity index (χ0v) is 22.9. The zero-order valence-electron chi connectivity index (χ0n) is 22.1. The lowest BCUT2D eigenvalue weighted by Crippen LogP contribution is -2.35. The molecule has 0 bridgehead atoms. The molecule has 0 unspecified atom stereocenters. The number of nitrogens with two attached hydrogens (primary N) is 1. The van der Waals surface area contributed by atoms with Crippen LogP contribution in [0, 0.1) is 0 Å². The Bertz CT molecular complexity index is 1150. The van der Waals surface area contributed by atoms with E-state index in [1.807, 2.05) is 0 Å². The van der Waals surface area contributed by atoms with E-state index in [4.69, 9.17) is 10.5 Å². The number of benzene rings is 2. The quantitative estimate of drug-likeness (QED) is 0.233. The van der Waals surface area contributed by atoms with Crippen molar-refractivity contribution in [3.05, 3.63) is 71.1 Å². The molecule has 8 nitrogen and oxygen atoms in total. The molecule has 0 saturated carbocycles. The second kappa shape index (κ2) is 16.5. The lowest BCUT2D eigenvalue weighted by molar-refractivity contribution is -0.118. The minimum absolute atomic E-state index is 0.0501. The normalized spacial score (nSPS) is 12.3. The summed E-state index contributed by atoms with van der Waals surface area (Å²) in [5, 5.41) is 13.7. The van der Waals surface area contributed by atoms with Crippen molar-refractivity contribution in [2.24, 2.45) is 5.73 Å². The first kappa shape index (κ1) is 30.9. The van der Waals surface area contributed by atoms with E-state index in [0.717, 1.165) is 50.5 Å². The van der Waals surface area contributed by atoms with Crippen LogP contribution in [0.3, 0.4) is 0 Å². The number of sulfone groups is 1. The topological polar surface area (TPSA) is 136 Å². The number of rotatable bonds is 18. The molecule has 2 aromatic rings. The van der Waals surface area contributed by atoms with Crippen molar-refractivity contribution in [3.8, 4) is 11.5 Å². The Morgan fingerprint density at radius 3 is 2.18 bits per heavy atom. The Kier molecular flexibility index (Phi) is 13.4. The van der Waals surface area contributed by atoms with Crippen LogP contribution in [0.2, 0.25) is 0 Å². The van der Waals surface area contributed by atoms with Gasteiger partial charge in [0.2, 0.25) is 5.91 Å². The summed E-state index contributed by atoms with van der Waals surface area (Å²) in [6.07, 6.45) is 9.64. The number of hydrogen-bond acceptors (Lipinski definition) is 6. The Morgan fingerprint density at radius 1 is 0.947 bits per heavy atom. The highest BCUT2D eigenvalue weighted by Crippen LogP contribution is 2.18. The van der Waals surface area contributed by atoms with Crippen molar-refractivity contribution < 1.29 is 27.9 Å². The van der Waals surface area contributed by atoms with Gasteiger partial charge in [0.05, 0.1) is 24.5 Å². The highest BCUT2D eigenvalue weighted by molar-refractivity contribution is 7.94. The van der Waals surface area contributed by atoms with Crippen LogP contribution in [0.15, 0.2) is 60.0 Å². The van der Waals surface area contributed by atoms with Crippen molar-refractivity contribution in [1.29, 1.82) is 0 Å². The van der Waals surface area contributed by atoms with Crippen LogP contribution in [0.1, 0.15) is 73.7 Å². The summed E-state index contributed by atoms with van der Waals surface area (Å²) in [5.74, 6) is -0.0250. The number of carbonyl (C=O) groups excluding carboxylic acids is 2. The van der Waals surface area contributed by atoms with Gasteiger partial charge in [-0.05, 0) is 49.1 Å². The van der Waals surface area contributed by atoms with E-state index < -0.39 is 15.9 Å². The minimum atomic E-state index is -3.44. The number of nitrogens with one attached hydrogen (secondary N) is 1. The summed E-state index contributed by atoms with van der Waals surface area (Å²) in [6.45, 7) is 0. The van der Waals surface area contributed by atoms with E-state index in [-0.39, 0.29) is 23.3 Å². The molecule has 2 aromatic carbocycles. The highest BCUT2D eigenvalue weighted by atomic mass is 32.2. The van der Waals surface area contributed by atoms with Crippen LogP contribution in [-0.4, -0.2) is 44.2 Å². The molecule has 2 rings (SSSR count). The van der Waals surface area contributed by atoms with E-state index in [9.17, 15) is 23.1 Å². The predicted octanol–water partition coefficient (Wildman–Crippen LogP) is 4.67. The average Bonchev–Trinajstić information content (AvgIpc) is 2.89. The number of para-hydroxylation sites is 1. The van der Waals surface area contributed by atoms with E-state index in [1.165, 1.54) is 18.6 Å². The largest absolute Gasteiger partial charge is 0.508 e. The lowest BCUT2D eigenvalue weighted by Gasteiger charge is -2.17. The molecule has 9 heteroatoms. The van der Waals surface area contributed by atoms with Crippen molar-refractivity contribution in [3.63, 3.8) is 0 Å². The lowest BCUT2D eigenvalue weighted by atomic mass is 10.0. The van der Waals surface area contributed by atoms with E-state index in [0.29, 0.717) is 30.6 Å². The first-order valence-corrected chi connectivity index (χ1v) is 14.8. The number of phenolic OH excluding ortho intramolecular Hbond substituents is 1. The molecule has 0 saturated heterocycles. The number of phenols is 1. The van der Waals surface area contributed by atoms with Gasteiger partial charge in [-0.1, -0.05) is 68.9 Å². The van der Waals surface area contributed by atoms with E-state index >= 15 is 0 Å². The predicted molar refractivity (Wildman–Crippen MR) is 150 cm³/mol. The van der Waals surface area contributed by atoms with Gasteiger partial charge < -0.3 is 20.9 Å². The van der Waals surface area contributed by atoms with Crippen LogP contribution < -0.4 is 15.8 Å². The van der Waals surface area contributed by atoms with Gasteiger partial charge in [-0.3, -0.25) is 9.59 Å². The number of primary amides is 1. The molecule has 0 aromatic heterocycles. The van der Waals surface area contributed by atoms with Crippen LogP contribution in [0.4, 0.5) is 0 Å². The molecule has 2 amide bonds. The molecule has 1 atom stereocenters. The molecule has 38 heavy (non-hydrogen) atoms. The number of ether oxygens (including phenoxy) is 1. The van der Waals surface area contributed by atoms with Gasteiger partial charge >= 0.3 is 0 Å². The van der Waals surface area contributed by atoms with Crippen LogP contribution in [-0.2, 0) is 21.1 Å². The second-order valence-electron chi connectivity index (χ2n) is 9.39. The highest BCUT2D eigenvalue weighted by Gasteiger charge is 2.17. The summed E-state index contributed by atoms with van der Waals surface area (Å²) in [6, 6.07) is 12.8. The summed E-state index contributed by atoms with van der Waals surface area (Å²) < 4.78 is 30.6. The second-order valence-corrected chi connectivity index (χ2v) is 11.4. The Labute approximate surface area is 226 Å². The third-order valence-electron chi connectivity index (χ3n) is 6.18. The third kappa shape index (κ3) is 12.3. The molecular weight excluding hydrogens is 504 g/mol. The van der Waals surface area contributed by atoms with Gasteiger partial charge in [-0.2, -0.15) is 0 Å². The first-order chi connectivity index (χ1) is 18.2. The van der Waals surface area contributed by atoms with Gasteiger partial charge in [0, 0.05) is 11.8 Å². The molecule has 0 fully saturated rings. The number of methoxy groups -OCH3 is 1. The maximum atomic E-state index is 13.0. The van der Waals surface area contributed by atoms with E-state index in [1.54, 1.807) is 48.5 Å². The zero-order chi connectivity index (χ0) is 27.8. The van der Waals surface area contributed by atoms with Gasteiger partial charge in [-0.15, -0.1) is 0 Å². The summed E-state index contributed by atoms with van der Waals surface area (Å²) >= 11 is 0. The number of aromatic hydroxyl groups is 1. The maximum Gasteiger partial charge on any atom is 0.255 e. The smallest absolute Gasteiger partial charge is 0.255 e. The fraction of sp³-hybridized carbons (Fsp3) is 0.448. The molecule has 208 valence electrons. The molecular formula is C29H40N2O6S. The van der Waals surface area contributed by atoms with Crippen LogP contribution in [0.5, 0.6) is 11.5 Å². The van der Waals surface area contributed by atoms with Crippen LogP contribution >= 0.6 is 0 Å². The molecule has 0 aliphatic carbocycles. The maximum absolute atomic E-state index is 13.0. The molecule has 4 N–H and O–H groups in total. The average molecular weight is 545 g/mol. The summed E-state index contributed by atoms with van der Waals surface area (Å²) in [5.41, 5.74) is 6.33.